The van der Waals surface area contributed by atoms with Crippen LogP contribution in [0.1, 0.15) is 0 Å². The number of ether oxygens (including phenoxy) is 2. The van der Waals surface area contributed by atoms with Gasteiger partial charge in [0.2, 0.25) is 0 Å². The molecule has 6 heteroatoms. The Labute approximate surface area is 103 Å². The van der Waals surface area contributed by atoms with Crippen LogP contribution in [0.5, 0.6) is 0 Å². The Balaban J connectivity index is 1.91. The maximum Gasteiger partial charge on any atom is 0.270 e. The molecule has 2 aromatic rings. The van der Waals surface area contributed by atoms with Gasteiger partial charge in [-0.1, -0.05) is 0 Å². The van der Waals surface area contributed by atoms with Crippen molar-refractivity contribution in [2.24, 2.45) is 0 Å². The van der Waals surface area contributed by atoms with Crippen molar-refractivity contribution in [2.45, 2.75) is 12.6 Å². The number of fused-ring (bicyclic) bond motifs is 1. The van der Waals surface area contributed by atoms with Crippen molar-refractivity contribution in [1.82, 2.24) is 4.57 Å². The molecule has 1 fully saturated rings. The van der Waals surface area contributed by atoms with Gasteiger partial charge in [0.25, 0.3) is 5.69 Å². The number of aromatic nitrogens is 1. The summed E-state index contributed by atoms with van der Waals surface area (Å²) >= 11 is 0. The second kappa shape index (κ2) is 4.40. The Bertz CT molecular complexity index is 587. The molecule has 6 nitrogen and oxygen atoms in total. The van der Waals surface area contributed by atoms with E-state index in [0.717, 1.165) is 10.9 Å². The number of non-ortho nitro benzene ring substituents is 1. The van der Waals surface area contributed by atoms with Crippen LogP contribution < -0.4 is 0 Å². The summed E-state index contributed by atoms with van der Waals surface area (Å²) in [6, 6.07) is 6.74. The van der Waals surface area contributed by atoms with E-state index < -0.39 is 0 Å². The molecule has 0 amide bonds. The van der Waals surface area contributed by atoms with Gasteiger partial charge in [-0.3, -0.25) is 10.1 Å². The highest BCUT2D eigenvalue weighted by Crippen LogP contribution is 2.22. The highest BCUT2D eigenvalue weighted by Gasteiger charge is 2.17. The lowest BCUT2D eigenvalue weighted by Gasteiger charge is -2.09. The van der Waals surface area contributed by atoms with Gasteiger partial charge >= 0.3 is 0 Å². The van der Waals surface area contributed by atoms with Gasteiger partial charge in [0.15, 0.2) is 0 Å². The number of hydrogen-bond acceptors (Lipinski definition) is 4. The number of nitro benzene ring substituents is 1. The molecular formula is C12H12N2O4. The molecule has 1 aliphatic rings. The van der Waals surface area contributed by atoms with Crippen molar-refractivity contribution in [3.63, 3.8) is 0 Å². The summed E-state index contributed by atoms with van der Waals surface area (Å²) in [5, 5.41) is 11.6. The number of benzene rings is 1. The topological polar surface area (TPSA) is 66.5 Å². The molecule has 0 spiro atoms. The van der Waals surface area contributed by atoms with E-state index in [1.165, 1.54) is 6.07 Å². The van der Waals surface area contributed by atoms with E-state index in [2.05, 4.69) is 0 Å². The zero-order valence-corrected chi connectivity index (χ0v) is 9.61. The molecule has 0 bridgehead atoms. The third-order valence-electron chi connectivity index (χ3n) is 3.06. The molecule has 0 unspecified atom stereocenters. The molecule has 1 atom stereocenters. The first kappa shape index (κ1) is 11.2. The predicted molar refractivity (Wildman–Crippen MR) is 64.3 cm³/mol. The fraction of sp³-hybridized carbons (Fsp3) is 0.333. The predicted octanol–water partition coefficient (Wildman–Crippen LogP) is 1.92. The lowest BCUT2D eigenvalue weighted by Crippen LogP contribution is -2.17. The number of nitrogens with zero attached hydrogens (tertiary/aromatic N) is 2. The number of rotatable bonds is 3. The van der Waals surface area contributed by atoms with Crippen LogP contribution in [0.25, 0.3) is 10.9 Å². The van der Waals surface area contributed by atoms with E-state index in [1.807, 2.05) is 16.8 Å². The third-order valence-corrected chi connectivity index (χ3v) is 3.06. The lowest BCUT2D eigenvalue weighted by molar-refractivity contribution is -0.384. The minimum Gasteiger partial charge on any atom is -0.353 e. The van der Waals surface area contributed by atoms with Crippen LogP contribution in [-0.2, 0) is 16.0 Å². The number of hydrogen-bond donors (Lipinski definition) is 0. The molecule has 18 heavy (non-hydrogen) atoms. The van der Waals surface area contributed by atoms with Crippen LogP contribution in [0.3, 0.4) is 0 Å². The summed E-state index contributed by atoms with van der Waals surface area (Å²) in [7, 11) is 0. The van der Waals surface area contributed by atoms with Gasteiger partial charge in [0, 0.05) is 29.2 Å². The first-order valence-corrected chi connectivity index (χ1v) is 5.67. The van der Waals surface area contributed by atoms with Crippen LogP contribution in [0, 0.1) is 10.1 Å². The first-order chi connectivity index (χ1) is 8.74. The standard InChI is InChI=1S/C12H12N2O4/c15-14(16)10-1-2-12-9(5-10)3-4-13(12)6-11-7-17-8-18-11/h1-5,11H,6-8H2/t11-/m0/s1. The smallest absolute Gasteiger partial charge is 0.270 e. The van der Waals surface area contributed by atoms with E-state index in [1.54, 1.807) is 12.1 Å². The zero-order chi connectivity index (χ0) is 12.5. The fourth-order valence-corrected chi connectivity index (χ4v) is 2.16. The highest BCUT2D eigenvalue weighted by molar-refractivity contribution is 5.82. The van der Waals surface area contributed by atoms with Crippen molar-refractivity contribution < 1.29 is 14.4 Å². The average molecular weight is 248 g/mol. The molecule has 1 aliphatic heterocycles. The minimum absolute atomic E-state index is 0.0517. The number of nitro groups is 1. The Kier molecular flexibility index (Phi) is 2.73. The molecule has 0 radical (unpaired) electrons. The molecule has 0 aliphatic carbocycles. The monoisotopic (exact) mass is 248 g/mol. The summed E-state index contributed by atoms with van der Waals surface area (Å²) < 4.78 is 12.6. The summed E-state index contributed by atoms with van der Waals surface area (Å²) in [5.74, 6) is 0. The normalized spacial score (nSPS) is 19.4. The van der Waals surface area contributed by atoms with Gasteiger partial charge in [-0.25, -0.2) is 0 Å². The largest absolute Gasteiger partial charge is 0.353 e. The molecule has 3 rings (SSSR count). The quantitative estimate of drug-likeness (QED) is 0.614. The molecule has 1 aromatic heterocycles. The van der Waals surface area contributed by atoms with Gasteiger partial charge in [0.05, 0.1) is 18.1 Å². The van der Waals surface area contributed by atoms with Crippen LogP contribution >= 0.6 is 0 Å². The Morgan fingerprint density at radius 1 is 1.44 bits per heavy atom. The molecule has 0 N–H and O–H groups in total. The van der Waals surface area contributed by atoms with Gasteiger partial charge < -0.3 is 14.0 Å². The fourth-order valence-electron chi connectivity index (χ4n) is 2.16. The van der Waals surface area contributed by atoms with E-state index in [0.29, 0.717) is 19.9 Å². The van der Waals surface area contributed by atoms with Crippen LogP contribution in [-0.4, -0.2) is 29.0 Å². The van der Waals surface area contributed by atoms with Crippen molar-refractivity contribution >= 4 is 16.6 Å². The maximum absolute atomic E-state index is 10.7. The summed E-state index contributed by atoms with van der Waals surface area (Å²) in [4.78, 5) is 10.3. The van der Waals surface area contributed by atoms with Crippen molar-refractivity contribution in [3.8, 4) is 0 Å². The minimum atomic E-state index is -0.384. The van der Waals surface area contributed by atoms with Gasteiger partial charge in [-0.05, 0) is 12.1 Å². The SMILES string of the molecule is O=[N+]([O-])c1ccc2c(ccn2C[C@H]2COCO2)c1. The van der Waals surface area contributed by atoms with Crippen molar-refractivity contribution in [1.29, 1.82) is 0 Å². The zero-order valence-electron chi connectivity index (χ0n) is 9.61. The van der Waals surface area contributed by atoms with Crippen LogP contribution in [0.4, 0.5) is 5.69 Å². The average Bonchev–Trinajstić information content (AvgIpc) is 2.99. The first-order valence-electron chi connectivity index (χ1n) is 5.67. The van der Waals surface area contributed by atoms with Gasteiger partial charge in [0.1, 0.15) is 12.9 Å². The van der Waals surface area contributed by atoms with Gasteiger partial charge in [-0.2, -0.15) is 0 Å². The molecule has 2 heterocycles. The van der Waals surface area contributed by atoms with E-state index in [9.17, 15) is 10.1 Å². The molecule has 1 aromatic carbocycles. The lowest BCUT2D eigenvalue weighted by atomic mass is 10.2. The second-order valence-electron chi connectivity index (χ2n) is 4.25. The molecule has 0 saturated carbocycles. The Morgan fingerprint density at radius 3 is 3.06 bits per heavy atom. The Hall–Kier alpha value is -1.92. The van der Waals surface area contributed by atoms with Crippen molar-refractivity contribution in [3.05, 3.63) is 40.6 Å². The van der Waals surface area contributed by atoms with Crippen molar-refractivity contribution in [2.75, 3.05) is 13.4 Å². The van der Waals surface area contributed by atoms with Crippen LogP contribution in [0.2, 0.25) is 0 Å². The maximum atomic E-state index is 10.7. The third kappa shape index (κ3) is 1.96. The van der Waals surface area contributed by atoms with Gasteiger partial charge in [-0.15, -0.1) is 0 Å². The summed E-state index contributed by atoms with van der Waals surface area (Å²) in [5.41, 5.74) is 1.08. The highest BCUT2D eigenvalue weighted by atomic mass is 16.7. The molecule has 1 saturated heterocycles. The summed E-state index contributed by atoms with van der Waals surface area (Å²) in [6.07, 6.45) is 1.96. The van der Waals surface area contributed by atoms with Crippen LogP contribution in [0.15, 0.2) is 30.5 Å². The molecule has 94 valence electrons. The van der Waals surface area contributed by atoms with E-state index in [-0.39, 0.29) is 16.7 Å². The summed E-state index contributed by atoms with van der Waals surface area (Å²) in [6.45, 7) is 1.63. The van der Waals surface area contributed by atoms with E-state index >= 15 is 0 Å². The van der Waals surface area contributed by atoms with E-state index in [4.69, 9.17) is 9.47 Å². The molecular weight excluding hydrogens is 236 g/mol. The Morgan fingerprint density at radius 2 is 2.33 bits per heavy atom. The second-order valence-corrected chi connectivity index (χ2v) is 4.25.